The summed E-state index contributed by atoms with van der Waals surface area (Å²) < 4.78 is 0. The molecule has 0 aromatic heterocycles. The molecule has 2 aromatic carbocycles. The summed E-state index contributed by atoms with van der Waals surface area (Å²) in [7, 11) is 0. The Morgan fingerprint density at radius 1 is 0.818 bits per heavy atom. The zero-order valence-corrected chi connectivity index (χ0v) is 12.7. The van der Waals surface area contributed by atoms with Crippen LogP contribution in [0.5, 0.6) is 0 Å². The summed E-state index contributed by atoms with van der Waals surface area (Å²) >= 11 is 0. The smallest absolute Gasteiger partial charge is 0.0633 e. The molecular formula is C19H23NO2. The van der Waals surface area contributed by atoms with E-state index < -0.39 is 5.54 Å². The molecule has 0 aliphatic heterocycles. The maximum absolute atomic E-state index is 9.19. The first-order chi connectivity index (χ1) is 10.6. The monoisotopic (exact) mass is 297 g/mol. The van der Waals surface area contributed by atoms with E-state index in [0.717, 1.165) is 17.5 Å². The summed E-state index contributed by atoms with van der Waals surface area (Å²) in [5.74, 6) is 0. The first kappa shape index (κ1) is 16.4. The first-order valence-electron chi connectivity index (χ1n) is 7.48. The molecule has 0 saturated carbocycles. The van der Waals surface area contributed by atoms with Gasteiger partial charge in [0.1, 0.15) is 0 Å². The summed E-state index contributed by atoms with van der Waals surface area (Å²) in [5, 5.41) is 18.4. The van der Waals surface area contributed by atoms with Crippen molar-refractivity contribution in [3.8, 4) is 0 Å². The van der Waals surface area contributed by atoms with Crippen LogP contribution in [0.3, 0.4) is 0 Å². The zero-order valence-electron chi connectivity index (χ0n) is 12.7. The Balaban J connectivity index is 1.94. The average molecular weight is 297 g/mol. The van der Waals surface area contributed by atoms with Crippen LogP contribution in [-0.2, 0) is 6.42 Å². The SMILES string of the molecule is NC(CO)(CO)CCc1ccc(/C=C/c2ccccc2)cc1. The van der Waals surface area contributed by atoms with Gasteiger partial charge in [0.15, 0.2) is 0 Å². The minimum absolute atomic E-state index is 0.207. The Bertz CT molecular complexity index is 587. The van der Waals surface area contributed by atoms with Gasteiger partial charge in [0, 0.05) is 0 Å². The second-order valence-corrected chi connectivity index (χ2v) is 5.66. The first-order valence-corrected chi connectivity index (χ1v) is 7.48. The number of hydrogen-bond acceptors (Lipinski definition) is 3. The van der Waals surface area contributed by atoms with E-state index in [1.807, 2.05) is 18.2 Å². The highest BCUT2D eigenvalue weighted by Crippen LogP contribution is 2.14. The van der Waals surface area contributed by atoms with E-state index in [4.69, 9.17) is 5.73 Å². The van der Waals surface area contributed by atoms with Crippen molar-refractivity contribution < 1.29 is 10.2 Å². The van der Waals surface area contributed by atoms with E-state index in [0.29, 0.717) is 6.42 Å². The van der Waals surface area contributed by atoms with Gasteiger partial charge in [0.05, 0.1) is 18.8 Å². The highest BCUT2D eigenvalue weighted by molar-refractivity contribution is 5.69. The predicted molar refractivity (Wildman–Crippen MR) is 91.2 cm³/mol. The standard InChI is InChI=1S/C19H23NO2/c20-19(14-21,15-22)13-12-18-10-8-17(9-11-18)7-6-16-4-2-1-3-5-16/h1-11,21-22H,12-15,20H2/b7-6+. The maximum atomic E-state index is 9.19. The average Bonchev–Trinajstić information content (AvgIpc) is 2.59. The summed E-state index contributed by atoms with van der Waals surface area (Å²) in [6.45, 7) is -0.414. The third kappa shape index (κ3) is 4.81. The van der Waals surface area contributed by atoms with Gasteiger partial charge in [-0.3, -0.25) is 0 Å². The minimum Gasteiger partial charge on any atom is -0.394 e. The van der Waals surface area contributed by atoms with Crippen LogP contribution in [0.2, 0.25) is 0 Å². The van der Waals surface area contributed by atoms with Crippen molar-refractivity contribution in [2.75, 3.05) is 13.2 Å². The highest BCUT2D eigenvalue weighted by atomic mass is 16.3. The molecule has 0 radical (unpaired) electrons. The van der Waals surface area contributed by atoms with Crippen LogP contribution in [0, 0.1) is 0 Å². The fourth-order valence-corrected chi connectivity index (χ4v) is 2.15. The number of aryl methyl sites for hydroxylation is 1. The molecule has 0 spiro atoms. The molecule has 116 valence electrons. The third-order valence-electron chi connectivity index (χ3n) is 3.79. The molecule has 0 aliphatic rings. The van der Waals surface area contributed by atoms with Gasteiger partial charge in [-0.15, -0.1) is 0 Å². The molecular weight excluding hydrogens is 274 g/mol. The summed E-state index contributed by atoms with van der Waals surface area (Å²) in [6.07, 6.45) is 5.45. The van der Waals surface area contributed by atoms with Crippen LogP contribution in [0.15, 0.2) is 54.6 Å². The molecule has 0 unspecified atom stereocenters. The molecule has 0 bridgehead atoms. The number of hydrogen-bond donors (Lipinski definition) is 3. The molecule has 2 rings (SSSR count). The molecule has 3 heteroatoms. The molecule has 0 heterocycles. The van der Waals surface area contributed by atoms with Crippen molar-refractivity contribution in [3.05, 3.63) is 71.3 Å². The summed E-state index contributed by atoms with van der Waals surface area (Å²) in [5.41, 5.74) is 8.43. The lowest BCUT2D eigenvalue weighted by Gasteiger charge is -2.24. The molecule has 3 nitrogen and oxygen atoms in total. The Morgan fingerprint density at radius 3 is 1.91 bits per heavy atom. The zero-order chi connectivity index (χ0) is 15.8. The normalized spacial score (nSPS) is 12.0. The second kappa shape index (κ2) is 7.90. The van der Waals surface area contributed by atoms with E-state index in [-0.39, 0.29) is 13.2 Å². The van der Waals surface area contributed by atoms with E-state index in [9.17, 15) is 10.2 Å². The quantitative estimate of drug-likeness (QED) is 0.688. The van der Waals surface area contributed by atoms with Crippen molar-refractivity contribution in [1.29, 1.82) is 0 Å². The number of aliphatic hydroxyl groups is 2. The van der Waals surface area contributed by atoms with Gasteiger partial charge in [-0.2, -0.15) is 0 Å². The molecule has 0 fully saturated rings. The van der Waals surface area contributed by atoms with Gasteiger partial charge in [-0.25, -0.2) is 0 Å². The van der Waals surface area contributed by atoms with Crippen molar-refractivity contribution in [2.45, 2.75) is 18.4 Å². The molecule has 2 aromatic rings. The van der Waals surface area contributed by atoms with Gasteiger partial charge in [-0.1, -0.05) is 66.7 Å². The van der Waals surface area contributed by atoms with Gasteiger partial charge >= 0.3 is 0 Å². The highest BCUT2D eigenvalue weighted by Gasteiger charge is 2.22. The number of nitrogens with two attached hydrogens (primary N) is 1. The van der Waals surface area contributed by atoms with Crippen LogP contribution >= 0.6 is 0 Å². The molecule has 0 amide bonds. The van der Waals surface area contributed by atoms with Crippen molar-refractivity contribution in [2.24, 2.45) is 5.73 Å². The summed E-state index contributed by atoms with van der Waals surface area (Å²) in [4.78, 5) is 0. The van der Waals surface area contributed by atoms with E-state index in [2.05, 4.69) is 48.6 Å². The van der Waals surface area contributed by atoms with Crippen molar-refractivity contribution in [1.82, 2.24) is 0 Å². The fraction of sp³-hybridized carbons (Fsp3) is 0.263. The van der Waals surface area contributed by atoms with Gasteiger partial charge in [0.2, 0.25) is 0 Å². The van der Waals surface area contributed by atoms with Crippen LogP contribution in [0.25, 0.3) is 12.2 Å². The molecule has 0 atom stereocenters. The maximum Gasteiger partial charge on any atom is 0.0633 e. The largest absolute Gasteiger partial charge is 0.394 e. The number of aliphatic hydroxyl groups excluding tert-OH is 2. The van der Waals surface area contributed by atoms with Gasteiger partial charge in [0.25, 0.3) is 0 Å². The Morgan fingerprint density at radius 2 is 1.36 bits per heavy atom. The van der Waals surface area contributed by atoms with Gasteiger partial charge in [-0.05, 0) is 29.5 Å². The topological polar surface area (TPSA) is 66.5 Å². The third-order valence-corrected chi connectivity index (χ3v) is 3.79. The number of benzene rings is 2. The van der Waals surface area contributed by atoms with Gasteiger partial charge < -0.3 is 15.9 Å². The van der Waals surface area contributed by atoms with Crippen LogP contribution in [-0.4, -0.2) is 29.0 Å². The van der Waals surface area contributed by atoms with Crippen LogP contribution in [0.1, 0.15) is 23.1 Å². The Labute approximate surface area is 131 Å². The Hall–Kier alpha value is -1.94. The molecule has 0 aliphatic carbocycles. The minimum atomic E-state index is -0.897. The lowest BCUT2D eigenvalue weighted by Crippen LogP contribution is -2.47. The van der Waals surface area contributed by atoms with Crippen molar-refractivity contribution >= 4 is 12.2 Å². The Kier molecular flexibility index (Phi) is 5.90. The van der Waals surface area contributed by atoms with Crippen LogP contribution < -0.4 is 5.73 Å². The predicted octanol–water partition coefficient (Wildman–Crippen LogP) is 2.47. The lowest BCUT2D eigenvalue weighted by atomic mass is 9.93. The van der Waals surface area contributed by atoms with Crippen molar-refractivity contribution in [3.63, 3.8) is 0 Å². The van der Waals surface area contributed by atoms with E-state index >= 15 is 0 Å². The molecule has 22 heavy (non-hydrogen) atoms. The molecule has 0 saturated heterocycles. The molecule has 4 N–H and O–H groups in total. The fourth-order valence-electron chi connectivity index (χ4n) is 2.15. The summed E-state index contributed by atoms with van der Waals surface area (Å²) in [6, 6.07) is 18.4. The second-order valence-electron chi connectivity index (χ2n) is 5.66. The van der Waals surface area contributed by atoms with E-state index in [1.165, 1.54) is 5.56 Å². The van der Waals surface area contributed by atoms with E-state index in [1.54, 1.807) is 0 Å². The lowest BCUT2D eigenvalue weighted by molar-refractivity contribution is 0.115. The number of rotatable bonds is 7. The van der Waals surface area contributed by atoms with Crippen LogP contribution in [0.4, 0.5) is 0 Å².